The standard InChI is InChI=1S/C14H17BrO2/c1-2-3-10-17-14-8-4-6-12(11-15)13(14)7-5-9-16/h4-9H,2-3,10-11H2,1H3/b7-5+. The van der Waals surface area contributed by atoms with Crippen molar-refractivity contribution in [3.8, 4) is 5.75 Å². The molecule has 92 valence electrons. The van der Waals surface area contributed by atoms with Crippen molar-refractivity contribution in [3.63, 3.8) is 0 Å². The molecule has 0 unspecified atom stereocenters. The first-order valence-electron chi connectivity index (χ1n) is 5.76. The Morgan fingerprint density at radius 2 is 2.24 bits per heavy atom. The third kappa shape index (κ3) is 4.35. The zero-order chi connectivity index (χ0) is 12.5. The maximum Gasteiger partial charge on any atom is 0.142 e. The van der Waals surface area contributed by atoms with E-state index in [0.29, 0.717) is 6.61 Å². The number of carbonyl (C=O) groups excluding carboxylic acids is 1. The normalized spacial score (nSPS) is 10.7. The summed E-state index contributed by atoms with van der Waals surface area (Å²) < 4.78 is 5.73. The van der Waals surface area contributed by atoms with Crippen molar-refractivity contribution in [2.45, 2.75) is 25.1 Å². The molecule has 0 spiro atoms. The van der Waals surface area contributed by atoms with Crippen LogP contribution in [0.15, 0.2) is 24.3 Å². The van der Waals surface area contributed by atoms with E-state index in [0.717, 1.165) is 41.3 Å². The average molecular weight is 297 g/mol. The van der Waals surface area contributed by atoms with Gasteiger partial charge in [-0.3, -0.25) is 4.79 Å². The fourth-order valence-corrected chi connectivity index (χ4v) is 1.97. The summed E-state index contributed by atoms with van der Waals surface area (Å²) in [5, 5.41) is 0.747. The van der Waals surface area contributed by atoms with Gasteiger partial charge in [0.05, 0.1) is 6.61 Å². The third-order valence-electron chi connectivity index (χ3n) is 2.40. The first-order chi connectivity index (χ1) is 8.33. The van der Waals surface area contributed by atoms with Gasteiger partial charge in [0.25, 0.3) is 0 Å². The summed E-state index contributed by atoms with van der Waals surface area (Å²) in [5.74, 6) is 0.841. The fourth-order valence-electron chi connectivity index (χ4n) is 1.48. The number of halogens is 1. The van der Waals surface area contributed by atoms with E-state index in [4.69, 9.17) is 4.74 Å². The Morgan fingerprint density at radius 1 is 1.41 bits per heavy atom. The Kier molecular flexibility index (Phi) is 6.63. The Balaban J connectivity index is 2.93. The van der Waals surface area contributed by atoms with Crippen LogP contribution >= 0.6 is 15.9 Å². The highest BCUT2D eigenvalue weighted by Crippen LogP contribution is 2.26. The second-order valence-electron chi connectivity index (χ2n) is 3.66. The number of hydrogen-bond donors (Lipinski definition) is 0. The minimum atomic E-state index is 0.712. The van der Waals surface area contributed by atoms with Crippen LogP contribution < -0.4 is 4.74 Å². The van der Waals surface area contributed by atoms with Crippen molar-refractivity contribution in [1.82, 2.24) is 0 Å². The highest BCUT2D eigenvalue weighted by atomic mass is 79.9. The molecule has 0 saturated carbocycles. The molecular formula is C14H17BrO2. The molecular weight excluding hydrogens is 280 g/mol. The maximum atomic E-state index is 10.4. The van der Waals surface area contributed by atoms with Crippen LogP contribution in [0.2, 0.25) is 0 Å². The molecule has 0 bridgehead atoms. The van der Waals surface area contributed by atoms with E-state index in [1.54, 1.807) is 6.08 Å². The number of ether oxygens (including phenoxy) is 1. The van der Waals surface area contributed by atoms with Crippen LogP contribution in [0.25, 0.3) is 6.08 Å². The van der Waals surface area contributed by atoms with E-state index < -0.39 is 0 Å². The van der Waals surface area contributed by atoms with Crippen molar-refractivity contribution in [2.75, 3.05) is 6.61 Å². The first-order valence-corrected chi connectivity index (χ1v) is 6.88. The van der Waals surface area contributed by atoms with Gasteiger partial charge in [0.1, 0.15) is 12.0 Å². The minimum absolute atomic E-state index is 0.712. The number of aldehydes is 1. The maximum absolute atomic E-state index is 10.4. The summed E-state index contributed by atoms with van der Waals surface area (Å²) in [4.78, 5) is 10.4. The van der Waals surface area contributed by atoms with E-state index >= 15 is 0 Å². The lowest BCUT2D eigenvalue weighted by Crippen LogP contribution is -1.99. The van der Waals surface area contributed by atoms with Crippen molar-refractivity contribution in [3.05, 3.63) is 35.4 Å². The summed E-state index contributed by atoms with van der Waals surface area (Å²) >= 11 is 3.44. The van der Waals surface area contributed by atoms with Crippen LogP contribution in [-0.2, 0) is 10.1 Å². The zero-order valence-corrected chi connectivity index (χ0v) is 11.6. The molecule has 0 aliphatic carbocycles. The summed E-state index contributed by atoms with van der Waals surface area (Å²) in [7, 11) is 0. The lowest BCUT2D eigenvalue weighted by molar-refractivity contribution is -0.104. The smallest absolute Gasteiger partial charge is 0.142 e. The van der Waals surface area contributed by atoms with Crippen molar-refractivity contribution in [1.29, 1.82) is 0 Å². The molecule has 0 N–H and O–H groups in total. The average Bonchev–Trinajstić information content (AvgIpc) is 2.37. The van der Waals surface area contributed by atoms with E-state index in [1.165, 1.54) is 6.08 Å². The Bertz CT molecular complexity index is 386. The van der Waals surface area contributed by atoms with Gasteiger partial charge in [0.15, 0.2) is 0 Å². The van der Waals surface area contributed by atoms with E-state index in [-0.39, 0.29) is 0 Å². The summed E-state index contributed by atoms with van der Waals surface area (Å²) in [6, 6.07) is 5.92. The van der Waals surface area contributed by atoms with Gasteiger partial charge in [-0.05, 0) is 30.2 Å². The van der Waals surface area contributed by atoms with Crippen molar-refractivity contribution < 1.29 is 9.53 Å². The van der Waals surface area contributed by atoms with Gasteiger partial charge in [0, 0.05) is 10.9 Å². The van der Waals surface area contributed by atoms with Gasteiger partial charge in [-0.15, -0.1) is 0 Å². The molecule has 3 heteroatoms. The lowest BCUT2D eigenvalue weighted by atomic mass is 10.1. The van der Waals surface area contributed by atoms with Crippen molar-refractivity contribution >= 4 is 28.3 Å². The van der Waals surface area contributed by atoms with Crippen LogP contribution in [0.4, 0.5) is 0 Å². The molecule has 0 radical (unpaired) electrons. The molecule has 0 atom stereocenters. The number of carbonyl (C=O) groups is 1. The van der Waals surface area contributed by atoms with Gasteiger partial charge < -0.3 is 4.74 Å². The monoisotopic (exact) mass is 296 g/mol. The molecule has 0 amide bonds. The molecule has 0 aromatic heterocycles. The highest BCUT2D eigenvalue weighted by Gasteiger charge is 2.05. The zero-order valence-electron chi connectivity index (χ0n) is 9.99. The van der Waals surface area contributed by atoms with Gasteiger partial charge in [-0.25, -0.2) is 0 Å². The van der Waals surface area contributed by atoms with Crippen LogP contribution in [-0.4, -0.2) is 12.9 Å². The van der Waals surface area contributed by atoms with Crippen LogP contribution in [0.1, 0.15) is 30.9 Å². The molecule has 0 fully saturated rings. The quantitative estimate of drug-likeness (QED) is 0.329. The summed E-state index contributed by atoms with van der Waals surface area (Å²) in [6.45, 7) is 2.84. The Labute approximate surface area is 111 Å². The number of alkyl halides is 1. The fraction of sp³-hybridized carbons (Fsp3) is 0.357. The van der Waals surface area contributed by atoms with Crippen LogP contribution in [0.3, 0.4) is 0 Å². The second-order valence-corrected chi connectivity index (χ2v) is 4.22. The molecule has 0 saturated heterocycles. The molecule has 1 aromatic carbocycles. The SMILES string of the molecule is CCCCOc1cccc(CBr)c1/C=C/C=O. The van der Waals surface area contributed by atoms with E-state index in [2.05, 4.69) is 22.9 Å². The molecule has 1 aromatic rings. The first kappa shape index (κ1) is 14.0. The number of benzene rings is 1. The topological polar surface area (TPSA) is 26.3 Å². The van der Waals surface area contributed by atoms with Crippen LogP contribution in [0.5, 0.6) is 5.75 Å². The predicted molar refractivity (Wildman–Crippen MR) is 74.6 cm³/mol. The third-order valence-corrected chi connectivity index (χ3v) is 3.00. The molecule has 0 aliphatic heterocycles. The minimum Gasteiger partial charge on any atom is -0.493 e. The molecule has 17 heavy (non-hydrogen) atoms. The van der Waals surface area contributed by atoms with Gasteiger partial charge in [-0.2, -0.15) is 0 Å². The Morgan fingerprint density at radius 3 is 2.88 bits per heavy atom. The summed E-state index contributed by atoms with van der Waals surface area (Å²) in [5.41, 5.74) is 2.10. The van der Waals surface area contributed by atoms with Gasteiger partial charge in [-0.1, -0.05) is 41.4 Å². The second kappa shape index (κ2) is 8.07. The van der Waals surface area contributed by atoms with E-state index in [9.17, 15) is 4.79 Å². The van der Waals surface area contributed by atoms with E-state index in [1.807, 2.05) is 18.2 Å². The predicted octanol–water partition coefficient (Wildman–Crippen LogP) is 3.97. The molecule has 0 heterocycles. The summed E-state index contributed by atoms with van der Waals surface area (Å²) in [6.07, 6.45) is 6.22. The molecule has 0 aliphatic rings. The lowest BCUT2D eigenvalue weighted by Gasteiger charge is -2.11. The number of hydrogen-bond acceptors (Lipinski definition) is 2. The number of allylic oxidation sites excluding steroid dienone is 1. The highest BCUT2D eigenvalue weighted by molar-refractivity contribution is 9.08. The van der Waals surface area contributed by atoms with Crippen LogP contribution in [0, 0.1) is 0 Å². The Hall–Kier alpha value is -1.09. The number of rotatable bonds is 7. The molecule has 1 rings (SSSR count). The largest absolute Gasteiger partial charge is 0.493 e. The number of unbranched alkanes of at least 4 members (excludes halogenated alkanes) is 1. The van der Waals surface area contributed by atoms with Gasteiger partial charge in [0.2, 0.25) is 0 Å². The molecule has 2 nitrogen and oxygen atoms in total. The van der Waals surface area contributed by atoms with Gasteiger partial charge >= 0.3 is 0 Å². The van der Waals surface area contributed by atoms with Crippen molar-refractivity contribution in [2.24, 2.45) is 0 Å².